The first kappa shape index (κ1) is 16.0. The van der Waals surface area contributed by atoms with Crippen LogP contribution in [0.3, 0.4) is 0 Å². The van der Waals surface area contributed by atoms with Gasteiger partial charge in [0.05, 0.1) is 17.4 Å². The van der Waals surface area contributed by atoms with Crippen molar-refractivity contribution in [1.29, 1.82) is 5.26 Å². The maximum Gasteiger partial charge on any atom is 0.240 e. The summed E-state index contributed by atoms with van der Waals surface area (Å²) in [5.74, 6) is 0.311. The van der Waals surface area contributed by atoms with Gasteiger partial charge in [0.2, 0.25) is 10.0 Å². The maximum atomic E-state index is 12.3. The molecule has 1 fully saturated rings. The lowest BCUT2D eigenvalue weighted by Gasteiger charge is -2.28. The molecule has 0 radical (unpaired) electrons. The lowest BCUT2D eigenvalue weighted by molar-refractivity contribution is 0.0585. The second-order valence-electron chi connectivity index (χ2n) is 5.34. The smallest absolute Gasteiger partial charge is 0.240 e. The molecule has 1 aromatic rings. The summed E-state index contributed by atoms with van der Waals surface area (Å²) in [6, 6.07) is 8.38. The molecule has 21 heavy (non-hydrogen) atoms. The van der Waals surface area contributed by atoms with Crippen LogP contribution >= 0.6 is 0 Å². The number of rotatable bonds is 5. The molecule has 0 amide bonds. The highest BCUT2D eigenvalue weighted by molar-refractivity contribution is 7.89. The molecule has 5 nitrogen and oxygen atoms in total. The summed E-state index contributed by atoms with van der Waals surface area (Å²) in [5.41, 5.74) is 0.814. The van der Waals surface area contributed by atoms with E-state index in [4.69, 9.17) is 10.00 Å². The molecule has 1 aliphatic heterocycles. The predicted octanol–water partition coefficient (Wildman–Crippen LogP) is 1.85. The highest BCUT2D eigenvalue weighted by atomic mass is 32.2. The normalized spacial score (nSPS) is 18.1. The van der Waals surface area contributed by atoms with Crippen molar-refractivity contribution in [2.75, 3.05) is 13.2 Å². The average Bonchev–Trinajstić information content (AvgIpc) is 2.48. The van der Waals surface area contributed by atoms with Gasteiger partial charge >= 0.3 is 0 Å². The van der Waals surface area contributed by atoms with E-state index in [9.17, 15) is 8.42 Å². The Morgan fingerprint density at radius 3 is 2.52 bits per heavy atom. The van der Waals surface area contributed by atoms with Gasteiger partial charge in [-0.15, -0.1) is 0 Å². The van der Waals surface area contributed by atoms with Crippen LogP contribution in [0, 0.1) is 17.2 Å². The van der Waals surface area contributed by atoms with E-state index in [2.05, 4.69) is 4.72 Å². The van der Waals surface area contributed by atoms with E-state index < -0.39 is 10.0 Å². The molecule has 2 rings (SSSR count). The van der Waals surface area contributed by atoms with Crippen LogP contribution in [0.25, 0.3) is 0 Å². The van der Waals surface area contributed by atoms with E-state index in [-0.39, 0.29) is 17.4 Å². The van der Waals surface area contributed by atoms with Crippen molar-refractivity contribution >= 4 is 10.0 Å². The van der Waals surface area contributed by atoms with Gasteiger partial charge in [-0.1, -0.05) is 12.1 Å². The van der Waals surface area contributed by atoms with Crippen LogP contribution in [0.1, 0.15) is 25.3 Å². The second-order valence-corrected chi connectivity index (χ2v) is 7.05. The average molecular weight is 308 g/mol. The van der Waals surface area contributed by atoms with Crippen molar-refractivity contribution in [3.8, 4) is 6.07 Å². The number of ether oxygens (including phenoxy) is 1. The molecule has 1 atom stereocenters. The van der Waals surface area contributed by atoms with Crippen molar-refractivity contribution in [1.82, 2.24) is 4.72 Å². The molecule has 1 N–H and O–H groups in total. The number of nitriles is 1. The molecule has 0 bridgehead atoms. The third-order valence-electron chi connectivity index (χ3n) is 3.83. The fraction of sp³-hybridized carbons (Fsp3) is 0.533. The van der Waals surface area contributed by atoms with Crippen molar-refractivity contribution < 1.29 is 13.2 Å². The largest absolute Gasteiger partial charge is 0.381 e. The Labute approximate surface area is 126 Å². The summed E-state index contributed by atoms with van der Waals surface area (Å²) in [6.07, 6.45) is 2.04. The molecule has 0 aromatic heterocycles. The Kier molecular flexibility index (Phi) is 5.34. The molecule has 1 heterocycles. The number of nitrogens with zero attached hydrogens (tertiary/aromatic N) is 1. The van der Waals surface area contributed by atoms with Gasteiger partial charge in [0.25, 0.3) is 0 Å². The van der Waals surface area contributed by atoms with E-state index >= 15 is 0 Å². The van der Waals surface area contributed by atoms with Crippen LogP contribution in [0.15, 0.2) is 29.2 Å². The fourth-order valence-corrected chi connectivity index (χ4v) is 3.81. The summed E-state index contributed by atoms with van der Waals surface area (Å²) in [5, 5.41) is 8.62. The summed E-state index contributed by atoms with van der Waals surface area (Å²) in [6.45, 7) is 3.29. The zero-order valence-electron chi connectivity index (χ0n) is 12.1. The van der Waals surface area contributed by atoms with Crippen LogP contribution in [0.2, 0.25) is 0 Å². The van der Waals surface area contributed by atoms with E-state index in [1.165, 1.54) is 0 Å². The summed E-state index contributed by atoms with van der Waals surface area (Å²) < 4.78 is 32.7. The monoisotopic (exact) mass is 308 g/mol. The summed E-state index contributed by atoms with van der Waals surface area (Å²) >= 11 is 0. The molecular weight excluding hydrogens is 288 g/mol. The van der Waals surface area contributed by atoms with E-state index in [1.807, 2.05) is 13.0 Å². The van der Waals surface area contributed by atoms with Gasteiger partial charge in [-0.2, -0.15) is 5.26 Å². The minimum Gasteiger partial charge on any atom is -0.381 e. The van der Waals surface area contributed by atoms with E-state index in [1.54, 1.807) is 24.3 Å². The number of hydrogen-bond acceptors (Lipinski definition) is 4. The van der Waals surface area contributed by atoms with Crippen molar-refractivity contribution in [3.05, 3.63) is 29.8 Å². The minimum absolute atomic E-state index is 0.113. The molecule has 6 heteroatoms. The van der Waals surface area contributed by atoms with Gasteiger partial charge in [0.15, 0.2) is 0 Å². The minimum atomic E-state index is -3.51. The molecule has 0 aliphatic carbocycles. The molecule has 1 aromatic carbocycles. The van der Waals surface area contributed by atoms with E-state index in [0.717, 1.165) is 18.4 Å². The quantitative estimate of drug-likeness (QED) is 0.900. The molecule has 1 unspecified atom stereocenters. The van der Waals surface area contributed by atoms with Gasteiger partial charge in [0.1, 0.15) is 0 Å². The van der Waals surface area contributed by atoms with Crippen LogP contribution < -0.4 is 4.72 Å². The highest BCUT2D eigenvalue weighted by Crippen LogP contribution is 2.20. The van der Waals surface area contributed by atoms with Crippen LogP contribution in [0.4, 0.5) is 0 Å². The predicted molar refractivity (Wildman–Crippen MR) is 79.1 cm³/mol. The van der Waals surface area contributed by atoms with Crippen LogP contribution in [0.5, 0.6) is 0 Å². The molecule has 114 valence electrons. The van der Waals surface area contributed by atoms with Crippen molar-refractivity contribution in [2.45, 2.75) is 37.1 Å². The Morgan fingerprint density at radius 2 is 1.95 bits per heavy atom. The number of sulfonamides is 1. The van der Waals surface area contributed by atoms with Gasteiger partial charge in [-0.3, -0.25) is 0 Å². The summed E-state index contributed by atoms with van der Waals surface area (Å²) in [4.78, 5) is 0.239. The lowest BCUT2D eigenvalue weighted by Crippen LogP contribution is -2.40. The van der Waals surface area contributed by atoms with Crippen LogP contribution in [-0.4, -0.2) is 27.7 Å². The number of hydrogen-bond donors (Lipinski definition) is 1. The first-order chi connectivity index (χ1) is 10.0. The first-order valence-electron chi connectivity index (χ1n) is 7.09. The van der Waals surface area contributed by atoms with Gasteiger partial charge in [-0.25, -0.2) is 13.1 Å². The standard InChI is InChI=1S/C15H20N2O3S/c1-12(14-7-10-20-11-8-14)17-21(18,19)15-4-2-13(3-5-15)6-9-16/h2-5,12,14,17H,6-8,10-11H2,1H3. The Balaban J connectivity index is 2.05. The van der Waals surface area contributed by atoms with Crippen molar-refractivity contribution in [2.24, 2.45) is 5.92 Å². The fourth-order valence-electron chi connectivity index (χ4n) is 2.50. The van der Waals surface area contributed by atoms with Crippen molar-refractivity contribution in [3.63, 3.8) is 0 Å². The topological polar surface area (TPSA) is 79.2 Å². The Bertz CT molecular complexity index is 599. The van der Waals surface area contributed by atoms with Gasteiger partial charge in [-0.05, 0) is 43.4 Å². The molecular formula is C15H20N2O3S. The molecule has 0 spiro atoms. The lowest BCUT2D eigenvalue weighted by atomic mass is 9.94. The van der Waals surface area contributed by atoms with Crippen LogP contribution in [-0.2, 0) is 21.2 Å². The molecule has 1 aliphatic rings. The highest BCUT2D eigenvalue weighted by Gasteiger charge is 2.25. The Morgan fingerprint density at radius 1 is 1.33 bits per heavy atom. The SMILES string of the molecule is CC(NS(=O)(=O)c1ccc(CC#N)cc1)C1CCOCC1. The zero-order chi connectivity index (χ0) is 15.3. The first-order valence-corrected chi connectivity index (χ1v) is 8.57. The van der Waals surface area contributed by atoms with Gasteiger partial charge in [0, 0.05) is 19.3 Å². The summed E-state index contributed by atoms with van der Waals surface area (Å²) in [7, 11) is -3.51. The van der Waals surface area contributed by atoms with Gasteiger partial charge < -0.3 is 4.74 Å². The van der Waals surface area contributed by atoms with E-state index in [0.29, 0.717) is 19.1 Å². The molecule has 0 saturated carbocycles. The zero-order valence-corrected chi connectivity index (χ0v) is 12.9. The Hall–Kier alpha value is -1.42. The second kappa shape index (κ2) is 7.03. The third kappa shape index (κ3) is 4.27. The third-order valence-corrected chi connectivity index (χ3v) is 5.41. The maximum absolute atomic E-state index is 12.3. The molecule has 1 saturated heterocycles. The number of nitrogens with one attached hydrogen (secondary N) is 1. The number of benzene rings is 1.